The van der Waals surface area contributed by atoms with E-state index < -0.39 is 0 Å². The quantitative estimate of drug-likeness (QED) is 0.735. The van der Waals surface area contributed by atoms with Crippen molar-refractivity contribution in [2.45, 2.75) is 19.9 Å². The second kappa shape index (κ2) is 4.20. The first-order valence-corrected chi connectivity index (χ1v) is 6.25. The highest BCUT2D eigenvalue weighted by atomic mass is 15.2. The number of aryl methyl sites for hydroxylation is 3. The molecule has 98 valence electrons. The van der Waals surface area contributed by atoms with E-state index in [1.165, 1.54) is 5.56 Å². The van der Waals surface area contributed by atoms with Gasteiger partial charge in [0, 0.05) is 18.8 Å². The van der Waals surface area contributed by atoms with Gasteiger partial charge in [-0.05, 0) is 31.0 Å². The monoisotopic (exact) mass is 255 g/mol. The molecule has 1 aromatic carbocycles. The molecule has 2 heterocycles. The second-order valence-electron chi connectivity index (χ2n) is 5.03. The first-order chi connectivity index (χ1) is 9.04. The van der Waals surface area contributed by atoms with Crippen LogP contribution in [0.15, 0.2) is 24.5 Å². The summed E-state index contributed by atoms with van der Waals surface area (Å²) >= 11 is 0. The van der Waals surface area contributed by atoms with Gasteiger partial charge >= 0.3 is 0 Å². The van der Waals surface area contributed by atoms with Crippen molar-refractivity contribution < 1.29 is 0 Å². The molecule has 0 aliphatic carbocycles. The van der Waals surface area contributed by atoms with Crippen LogP contribution in [-0.4, -0.2) is 19.7 Å². The Balaban J connectivity index is 2.08. The van der Waals surface area contributed by atoms with Crippen molar-refractivity contribution in [1.29, 1.82) is 0 Å². The summed E-state index contributed by atoms with van der Waals surface area (Å²) < 4.78 is 1.74. The Morgan fingerprint density at radius 3 is 2.79 bits per heavy atom. The van der Waals surface area contributed by atoms with Gasteiger partial charge in [-0.1, -0.05) is 6.07 Å². The highest BCUT2D eigenvalue weighted by molar-refractivity contribution is 5.79. The highest BCUT2D eigenvalue weighted by Gasteiger charge is 2.15. The summed E-state index contributed by atoms with van der Waals surface area (Å²) in [6.45, 7) is 4.14. The smallest absolute Gasteiger partial charge is 0.128 e. The number of benzene rings is 1. The molecule has 5 heteroatoms. The lowest BCUT2D eigenvalue weighted by Gasteiger charge is -2.04. The molecule has 0 bridgehead atoms. The van der Waals surface area contributed by atoms with Crippen molar-refractivity contribution in [2.75, 3.05) is 0 Å². The van der Waals surface area contributed by atoms with Gasteiger partial charge in [0.1, 0.15) is 5.82 Å². The van der Waals surface area contributed by atoms with Crippen molar-refractivity contribution in [1.82, 2.24) is 19.7 Å². The largest absolute Gasteiger partial charge is 0.340 e. The molecule has 0 aliphatic rings. The van der Waals surface area contributed by atoms with E-state index in [1.54, 1.807) is 10.9 Å². The van der Waals surface area contributed by atoms with Gasteiger partial charge in [-0.15, -0.1) is 0 Å². The predicted octanol–water partition coefficient (Wildman–Crippen LogP) is 1.96. The molecule has 0 amide bonds. The van der Waals surface area contributed by atoms with Crippen molar-refractivity contribution in [3.63, 3.8) is 0 Å². The van der Waals surface area contributed by atoms with E-state index in [0.717, 1.165) is 28.0 Å². The fourth-order valence-electron chi connectivity index (χ4n) is 2.40. The molecule has 0 spiro atoms. The van der Waals surface area contributed by atoms with Gasteiger partial charge in [0.05, 0.1) is 23.3 Å². The minimum Gasteiger partial charge on any atom is -0.340 e. The van der Waals surface area contributed by atoms with E-state index in [-0.39, 0.29) is 6.04 Å². The average molecular weight is 255 g/mol. The van der Waals surface area contributed by atoms with Crippen LogP contribution in [0.1, 0.15) is 28.6 Å². The van der Waals surface area contributed by atoms with E-state index in [0.29, 0.717) is 0 Å². The summed E-state index contributed by atoms with van der Waals surface area (Å²) in [5.41, 5.74) is 11.6. The molecule has 1 atom stereocenters. The third-order valence-electron chi connectivity index (χ3n) is 3.32. The zero-order valence-corrected chi connectivity index (χ0v) is 11.3. The third-order valence-corrected chi connectivity index (χ3v) is 3.32. The lowest BCUT2D eigenvalue weighted by atomic mass is 10.1. The Labute approximate surface area is 111 Å². The Kier molecular flexibility index (Phi) is 2.64. The number of H-pyrrole nitrogens is 1. The SMILES string of the molecule is Cc1cc(C)c2nc(C(N)c3cnn(C)c3)[nH]c2c1. The Hall–Kier alpha value is -2.14. The van der Waals surface area contributed by atoms with Crippen LogP contribution >= 0.6 is 0 Å². The van der Waals surface area contributed by atoms with Crippen LogP contribution in [0.25, 0.3) is 11.0 Å². The number of hydrogen-bond acceptors (Lipinski definition) is 3. The maximum atomic E-state index is 6.23. The predicted molar refractivity (Wildman–Crippen MR) is 74.8 cm³/mol. The molecule has 0 aliphatic heterocycles. The van der Waals surface area contributed by atoms with Crippen LogP contribution in [0.2, 0.25) is 0 Å². The van der Waals surface area contributed by atoms with E-state index >= 15 is 0 Å². The number of nitrogens with zero attached hydrogens (tertiary/aromatic N) is 3. The fraction of sp³-hybridized carbons (Fsp3) is 0.286. The summed E-state index contributed by atoms with van der Waals surface area (Å²) in [6, 6.07) is 3.94. The van der Waals surface area contributed by atoms with Crippen LogP contribution in [0.5, 0.6) is 0 Å². The number of nitrogens with two attached hydrogens (primary N) is 1. The van der Waals surface area contributed by atoms with E-state index in [1.807, 2.05) is 13.2 Å². The zero-order chi connectivity index (χ0) is 13.6. The fourth-order valence-corrected chi connectivity index (χ4v) is 2.40. The molecule has 2 aromatic heterocycles. The molecular formula is C14H17N5. The summed E-state index contributed by atoms with van der Waals surface area (Å²) in [4.78, 5) is 7.93. The zero-order valence-electron chi connectivity index (χ0n) is 11.3. The number of imidazole rings is 1. The minimum atomic E-state index is -0.277. The van der Waals surface area contributed by atoms with Crippen molar-refractivity contribution in [3.8, 4) is 0 Å². The van der Waals surface area contributed by atoms with Gasteiger partial charge in [0.25, 0.3) is 0 Å². The molecule has 0 radical (unpaired) electrons. The topological polar surface area (TPSA) is 72.5 Å². The lowest BCUT2D eigenvalue weighted by Crippen LogP contribution is -2.12. The van der Waals surface area contributed by atoms with E-state index in [9.17, 15) is 0 Å². The molecule has 1 unspecified atom stereocenters. The number of aromatic nitrogens is 4. The normalized spacial score (nSPS) is 13.1. The van der Waals surface area contributed by atoms with Gasteiger partial charge in [0.15, 0.2) is 0 Å². The maximum absolute atomic E-state index is 6.23. The number of nitrogens with one attached hydrogen (secondary N) is 1. The summed E-state index contributed by atoms with van der Waals surface area (Å²) in [5, 5.41) is 4.14. The third kappa shape index (κ3) is 2.02. The molecule has 3 rings (SSSR count). The van der Waals surface area contributed by atoms with Gasteiger partial charge in [-0.2, -0.15) is 5.10 Å². The number of aromatic amines is 1. The number of hydrogen-bond donors (Lipinski definition) is 2. The number of fused-ring (bicyclic) bond motifs is 1. The van der Waals surface area contributed by atoms with Crippen LogP contribution in [0.4, 0.5) is 0 Å². The van der Waals surface area contributed by atoms with Crippen LogP contribution in [0.3, 0.4) is 0 Å². The molecule has 19 heavy (non-hydrogen) atoms. The molecule has 5 nitrogen and oxygen atoms in total. The van der Waals surface area contributed by atoms with Crippen molar-refractivity contribution in [3.05, 3.63) is 47.0 Å². The first-order valence-electron chi connectivity index (χ1n) is 6.25. The maximum Gasteiger partial charge on any atom is 0.128 e. The second-order valence-corrected chi connectivity index (χ2v) is 5.03. The van der Waals surface area contributed by atoms with Crippen LogP contribution in [-0.2, 0) is 7.05 Å². The van der Waals surface area contributed by atoms with Crippen molar-refractivity contribution in [2.24, 2.45) is 12.8 Å². The molecule has 3 N–H and O–H groups in total. The van der Waals surface area contributed by atoms with Gasteiger partial charge in [-0.3, -0.25) is 4.68 Å². The molecular weight excluding hydrogens is 238 g/mol. The minimum absolute atomic E-state index is 0.277. The summed E-state index contributed by atoms with van der Waals surface area (Å²) in [5.74, 6) is 0.775. The lowest BCUT2D eigenvalue weighted by molar-refractivity contribution is 0.762. The summed E-state index contributed by atoms with van der Waals surface area (Å²) in [6.07, 6.45) is 3.69. The Bertz CT molecular complexity index is 737. The first kappa shape index (κ1) is 11.9. The number of rotatable bonds is 2. The molecule has 0 fully saturated rings. The van der Waals surface area contributed by atoms with Crippen LogP contribution < -0.4 is 5.73 Å². The molecule has 0 saturated heterocycles. The van der Waals surface area contributed by atoms with Crippen molar-refractivity contribution >= 4 is 11.0 Å². The average Bonchev–Trinajstić information content (AvgIpc) is 2.94. The molecule has 0 saturated carbocycles. The Morgan fingerprint density at radius 1 is 1.32 bits per heavy atom. The molecule has 3 aromatic rings. The highest BCUT2D eigenvalue weighted by Crippen LogP contribution is 2.23. The summed E-state index contributed by atoms with van der Waals surface area (Å²) in [7, 11) is 1.88. The van der Waals surface area contributed by atoms with E-state index in [4.69, 9.17) is 5.73 Å². The van der Waals surface area contributed by atoms with Gasteiger partial charge in [0.2, 0.25) is 0 Å². The van der Waals surface area contributed by atoms with Crippen LogP contribution in [0, 0.1) is 13.8 Å². The van der Waals surface area contributed by atoms with E-state index in [2.05, 4.69) is 41.0 Å². The van der Waals surface area contributed by atoms with Gasteiger partial charge < -0.3 is 10.7 Å². The Morgan fingerprint density at radius 2 is 2.11 bits per heavy atom. The van der Waals surface area contributed by atoms with Gasteiger partial charge in [-0.25, -0.2) is 4.98 Å². The standard InChI is InChI=1S/C14H17N5/c1-8-4-9(2)13-11(5-8)17-14(18-13)12(15)10-6-16-19(3)7-10/h4-7,12H,15H2,1-3H3,(H,17,18).